The monoisotopic (exact) mass is 496 g/mol. The van der Waals surface area contributed by atoms with Gasteiger partial charge in [-0.2, -0.15) is 13.2 Å². The van der Waals surface area contributed by atoms with Gasteiger partial charge in [0.05, 0.1) is 22.5 Å². The number of carboxylic acid groups (broad SMARTS) is 1. The number of phenols is 1. The molecule has 0 amide bonds. The van der Waals surface area contributed by atoms with Crippen molar-refractivity contribution in [3.63, 3.8) is 0 Å². The molecule has 0 atom stereocenters. The van der Waals surface area contributed by atoms with Crippen molar-refractivity contribution < 1.29 is 28.2 Å². The predicted octanol–water partition coefficient (Wildman–Crippen LogP) is 6.23. The number of alkyl halides is 3. The lowest BCUT2D eigenvalue weighted by Gasteiger charge is -2.07. The number of carboxylic acids is 1. The summed E-state index contributed by atoms with van der Waals surface area (Å²) in [5.74, 6) is -1.38. The summed E-state index contributed by atoms with van der Waals surface area (Å²) in [5, 5.41) is 30.8. The lowest BCUT2D eigenvalue weighted by molar-refractivity contribution is -0.137. The normalized spacial score (nSPS) is 11.8. The minimum atomic E-state index is -4.50. The molecule has 0 radical (unpaired) electrons. The third-order valence-corrected chi connectivity index (χ3v) is 5.44. The minimum absolute atomic E-state index is 0.0389. The number of phenolic OH excluding ortho intramolecular Hbond substituents is 1. The van der Waals surface area contributed by atoms with Crippen molar-refractivity contribution in [2.45, 2.75) is 19.5 Å². The molecule has 0 saturated carbocycles. The van der Waals surface area contributed by atoms with Crippen molar-refractivity contribution in [1.82, 2.24) is 9.78 Å². The first-order valence-electron chi connectivity index (χ1n) is 10.7. The Morgan fingerprint density at radius 1 is 1.03 bits per heavy atom. The van der Waals surface area contributed by atoms with Crippen LogP contribution in [-0.2, 0) is 12.6 Å². The number of hydrogen-bond acceptors (Lipinski definition) is 5. The Labute approximate surface area is 202 Å². The minimum Gasteiger partial charge on any atom is -0.505 e. The van der Waals surface area contributed by atoms with Gasteiger partial charge in [0.25, 0.3) is 5.56 Å². The molecule has 3 N–H and O–H groups in total. The number of nitrogens with one attached hydrogen (secondary N) is 1. The summed E-state index contributed by atoms with van der Waals surface area (Å²) in [6.45, 7) is 1.76. The van der Waals surface area contributed by atoms with E-state index in [0.717, 1.165) is 16.8 Å². The van der Waals surface area contributed by atoms with Crippen LogP contribution in [-0.4, -0.2) is 26.0 Å². The lowest BCUT2D eigenvalue weighted by atomic mass is 10.0. The number of carbonyl (C=O) groups is 1. The van der Waals surface area contributed by atoms with Crippen molar-refractivity contribution in [1.29, 1.82) is 0 Å². The van der Waals surface area contributed by atoms with Crippen molar-refractivity contribution in [2.24, 2.45) is 10.2 Å². The van der Waals surface area contributed by atoms with Crippen LogP contribution in [0.2, 0.25) is 0 Å². The van der Waals surface area contributed by atoms with Crippen LogP contribution in [0.1, 0.15) is 28.5 Å². The zero-order valence-corrected chi connectivity index (χ0v) is 18.7. The van der Waals surface area contributed by atoms with Crippen LogP contribution in [0.3, 0.4) is 0 Å². The molecule has 36 heavy (non-hydrogen) atoms. The molecular weight excluding hydrogens is 477 g/mol. The average Bonchev–Trinajstić information content (AvgIpc) is 3.18. The molecule has 3 aromatic carbocycles. The van der Waals surface area contributed by atoms with E-state index < -0.39 is 23.3 Å². The molecular formula is C25H19F3N4O4. The molecule has 4 aromatic rings. The largest absolute Gasteiger partial charge is 0.505 e. The summed E-state index contributed by atoms with van der Waals surface area (Å²) in [4.78, 5) is 24.2. The summed E-state index contributed by atoms with van der Waals surface area (Å²) in [6, 6.07) is 14.7. The molecule has 4 rings (SSSR count). The molecule has 0 unspecified atom stereocenters. The topological polar surface area (TPSA) is 120 Å². The number of H-pyrrole nitrogens is 1. The molecule has 184 valence electrons. The number of azo groups is 1. The zero-order valence-electron chi connectivity index (χ0n) is 18.7. The maximum Gasteiger partial charge on any atom is 0.416 e. The first-order valence-corrected chi connectivity index (χ1v) is 10.7. The lowest BCUT2D eigenvalue weighted by Crippen LogP contribution is -2.14. The second kappa shape index (κ2) is 9.53. The van der Waals surface area contributed by atoms with Crippen LogP contribution in [0.5, 0.6) is 5.75 Å². The SMILES string of the molecule is CCc1[nH]n(-c2ccc(C(F)(F)F)cc2)c(=O)c1N=Nc1cccc(-c2cccc(C(=O)O)c2)c1O. The third kappa shape index (κ3) is 4.76. The van der Waals surface area contributed by atoms with Gasteiger partial charge in [0.15, 0.2) is 11.4 Å². The fourth-order valence-corrected chi connectivity index (χ4v) is 3.57. The number of nitrogens with zero attached hydrogens (tertiary/aromatic N) is 3. The van der Waals surface area contributed by atoms with E-state index in [1.807, 2.05) is 0 Å². The second-order valence-corrected chi connectivity index (χ2v) is 7.74. The smallest absolute Gasteiger partial charge is 0.416 e. The summed E-state index contributed by atoms with van der Waals surface area (Å²) < 4.78 is 39.7. The van der Waals surface area contributed by atoms with Gasteiger partial charge in [-0.25, -0.2) is 9.48 Å². The molecule has 0 aliphatic carbocycles. The Morgan fingerprint density at radius 2 is 1.72 bits per heavy atom. The van der Waals surface area contributed by atoms with Gasteiger partial charge in [0.2, 0.25) is 0 Å². The first kappa shape index (κ1) is 24.5. The first-order chi connectivity index (χ1) is 17.1. The second-order valence-electron chi connectivity index (χ2n) is 7.74. The quantitative estimate of drug-likeness (QED) is 0.274. The molecule has 11 heteroatoms. The van der Waals surface area contributed by atoms with Crippen molar-refractivity contribution in [3.05, 3.63) is 93.9 Å². The highest BCUT2D eigenvalue weighted by Gasteiger charge is 2.30. The number of aromatic hydroxyl groups is 1. The fourth-order valence-electron chi connectivity index (χ4n) is 3.57. The van der Waals surface area contributed by atoms with Gasteiger partial charge in [-0.15, -0.1) is 10.2 Å². The molecule has 0 aliphatic heterocycles. The number of hydrogen-bond donors (Lipinski definition) is 3. The van der Waals surface area contributed by atoms with Gasteiger partial charge >= 0.3 is 12.1 Å². The maximum atomic E-state index is 13.0. The number of aromatic carboxylic acids is 1. The Kier molecular flexibility index (Phi) is 6.47. The molecule has 0 spiro atoms. The molecule has 1 heterocycles. The summed E-state index contributed by atoms with van der Waals surface area (Å²) in [5.41, 5.74) is -0.0900. The van der Waals surface area contributed by atoms with Crippen molar-refractivity contribution >= 4 is 17.3 Å². The van der Waals surface area contributed by atoms with E-state index >= 15 is 0 Å². The Morgan fingerprint density at radius 3 is 2.36 bits per heavy atom. The van der Waals surface area contributed by atoms with Gasteiger partial charge in [-0.05, 0) is 54.4 Å². The highest BCUT2D eigenvalue weighted by molar-refractivity contribution is 5.90. The highest BCUT2D eigenvalue weighted by atomic mass is 19.4. The van der Waals surface area contributed by atoms with Gasteiger partial charge in [0.1, 0.15) is 5.69 Å². The van der Waals surface area contributed by atoms with E-state index in [2.05, 4.69) is 15.3 Å². The van der Waals surface area contributed by atoms with Crippen LogP contribution in [0.4, 0.5) is 24.5 Å². The number of para-hydroxylation sites is 1. The standard InChI is InChI=1S/C25H19F3N4O4/c1-2-19-21(23(34)32(31-19)17-11-9-16(10-12-17)25(26,27)28)30-29-20-8-4-7-18(22(20)33)14-5-3-6-15(13-14)24(35)36/h3-13,31,33H,2H2,1H3,(H,35,36). The number of aryl methyl sites for hydroxylation is 1. The van der Waals surface area contributed by atoms with Crippen LogP contribution >= 0.6 is 0 Å². The van der Waals surface area contributed by atoms with E-state index in [9.17, 15) is 33.0 Å². The molecule has 8 nitrogen and oxygen atoms in total. The van der Waals surface area contributed by atoms with E-state index in [1.54, 1.807) is 31.2 Å². The molecule has 1 aromatic heterocycles. The van der Waals surface area contributed by atoms with E-state index in [1.165, 1.54) is 30.3 Å². The summed E-state index contributed by atoms with van der Waals surface area (Å²) in [7, 11) is 0. The average molecular weight is 496 g/mol. The summed E-state index contributed by atoms with van der Waals surface area (Å²) >= 11 is 0. The highest BCUT2D eigenvalue weighted by Crippen LogP contribution is 2.38. The third-order valence-electron chi connectivity index (χ3n) is 5.44. The number of aromatic amines is 1. The molecule has 0 bridgehead atoms. The number of benzene rings is 3. The number of rotatable bonds is 6. The van der Waals surface area contributed by atoms with Gasteiger partial charge in [-0.3, -0.25) is 9.89 Å². The summed E-state index contributed by atoms with van der Waals surface area (Å²) in [6.07, 6.45) is -4.15. The molecule has 0 fully saturated rings. The van der Waals surface area contributed by atoms with E-state index in [-0.39, 0.29) is 28.4 Å². The van der Waals surface area contributed by atoms with Crippen molar-refractivity contribution in [2.75, 3.05) is 0 Å². The van der Waals surface area contributed by atoms with Crippen LogP contribution < -0.4 is 5.56 Å². The Bertz CT molecular complexity index is 1520. The fraction of sp³-hybridized carbons (Fsp3) is 0.120. The van der Waals surface area contributed by atoms with Crippen LogP contribution in [0, 0.1) is 0 Å². The predicted molar refractivity (Wildman–Crippen MR) is 125 cm³/mol. The van der Waals surface area contributed by atoms with Gasteiger partial charge < -0.3 is 10.2 Å². The Hall–Kier alpha value is -4.67. The van der Waals surface area contributed by atoms with E-state index in [0.29, 0.717) is 23.2 Å². The Balaban J connectivity index is 1.70. The van der Waals surface area contributed by atoms with Gasteiger partial charge in [0, 0.05) is 5.56 Å². The molecule has 0 aliphatic rings. The zero-order chi connectivity index (χ0) is 26.0. The van der Waals surface area contributed by atoms with Gasteiger partial charge in [-0.1, -0.05) is 31.2 Å². The van der Waals surface area contributed by atoms with Crippen LogP contribution in [0.25, 0.3) is 16.8 Å². The number of aromatic nitrogens is 2. The van der Waals surface area contributed by atoms with Crippen LogP contribution in [0.15, 0.2) is 81.8 Å². The maximum absolute atomic E-state index is 13.0. The molecule has 0 saturated heterocycles. The van der Waals surface area contributed by atoms with Crippen molar-refractivity contribution in [3.8, 4) is 22.6 Å². The van der Waals surface area contributed by atoms with E-state index in [4.69, 9.17) is 0 Å². The number of halogens is 3.